The third kappa shape index (κ3) is 3.92. The summed E-state index contributed by atoms with van der Waals surface area (Å²) >= 11 is 0. The summed E-state index contributed by atoms with van der Waals surface area (Å²) in [4.78, 5) is 37.4. The zero-order chi connectivity index (χ0) is 19.4. The lowest BCUT2D eigenvalue weighted by Crippen LogP contribution is -2.45. The van der Waals surface area contributed by atoms with Crippen LogP contribution in [0, 0.1) is 0 Å². The van der Waals surface area contributed by atoms with Gasteiger partial charge in [-0.25, -0.2) is 0 Å². The first-order valence-corrected chi connectivity index (χ1v) is 8.66. The van der Waals surface area contributed by atoms with E-state index in [0.29, 0.717) is 17.5 Å². The molecule has 1 aromatic carbocycles. The number of benzene rings is 1. The Morgan fingerprint density at radius 2 is 1.81 bits per heavy atom. The van der Waals surface area contributed by atoms with E-state index in [-0.39, 0.29) is 25.0 Å². The lowest BCUT2D eigenvalue weighted by Gasteiger charge is -2.16. The average Bonchev–Trinajstić information content (AvgIpc) is 3.15. The van der Waals surface area contributed by atoms with E-state index in [9.17, 15) is 14.4 Å². The highest BCUT2D eigenvalue weighted by Crippen LogP contribution is 2.10. The second-order valence-corrected chi connectivity index (χ2v) is 6.34. The van der Waals surface area contributed by atoms with Crippen LogP contribution in [0.5, 0.6) is 0 Å². The van der Waals surface area contributed by atoms with E-state index < -0.39 is 11.1 Å². The molecule has 0 saturated carbocycles. The van der Waals surface area contributed by atoms with Gasteiger partial charge in [0.1, 0.15) is 12.3 Å². The van der Waals surface area contributed by atoms with Crippen molar-refractivity contribution >= 4 is 16.9 Å². The highest BCUT2D eigenvalue weighted by atomic mass is 16.3. The fourth-order valence-electron chi connectivity index (χ4n) is 3.08. The van der Waals surface area contributed by atoms with Crippen LogP contribution >= 0.6 is 0 Å². The van der Waals surface area contributed by atoms with Gasteiger partial charge in [0.25, 0.3) is 0 Å². The van der Waals surface area contributed by atoms with Crippen LogP contribution in [0.4, 0.5) is 0 Å². The Balaban J connectivity index is 1.88. The van der Waals surface area contributed by atoms with Crippen molar-refractivity contribution < 1.29 is 9.21 Å². The molecule has 0 radical (unpaired) electrons. The molecule has 7 heteroatoms. The van der Waals surface area contributed by atoms with E-state index in [1.165, 1.54) is 9.13 Å². The second-order valence-electron chi connectivity index (χ2n) is 6.34. The van der Waals surface area contributed by atoms with E-state index in [1.54, 1.807) is 42.7 Å². The Kier molecular flexibility index (Phi) is 5.40. The van der Waals surface area contributed by atoms with Crippen molar-refractivity contribution in [1.82, 2.24) is 14.5 Å². The normalized spacial score (nSPS) is 12.0. The zero-order valence-electron chi connectivity index (χ0n) is 15.1. The van der Waals surface area contributed by atoms with Crippen molar-refractivity contribution in [1.29, 1.82) is 0 Å². The Labute approximate surface area is 155 Å². The van der Waals surface area contributed by atoms with Gasteiger partial charge in [0.05, 0.1) is 17.3 Å². The molecular formula is C20H21N3O4. The molecule has 0 aliphatic rings. The highest BCUT2D eigenvalue weighted by Gasteiger charge is 2.16. The Hall–Kier alpha value is -3.35. The SMILES string of the molecule is C=CCn1c(=O)c(=O)n(CC(=O)N[C@H](C)Cc2ccco2)c2ccccc21. The molecular weight excluding hydrogens is 346 g/mol. The van der Waals surface area contributed by atoms with Gasteiger partial charge >= 0.3 is 11.1 Å². The number of furan rings is 1. The van der Waals surface area contributed by atoms with E-state index in [2.05, 4.69) is 11.9 Å². The summed E-state index contributed by atoms with van der Waals surface area (Å²) in [5.41, 5.74) is -0.300. The number of carbonyl (C=O) groups excluding carboxylic acids is 1. The molecule has 0 fully saturated rings. The topological polar surface area (TPSA) is 86.2 Å². The molecule has 1 atom stereocenters. The van der Waals surface area contributed by atoms with Crippen molar-refractivity contribution in [2.24, 2.45) is 0 Å². The van der Waals surface area contributed by atoms with Crippen LogP contribution in [0.25, 0.3) is 11.0 Å². The van der Waals surface area contributed by atoms with Gasteiger partial charge in [-0.2, -0.15) is 0 Å². The highest BCUT2D eigenvalue weighted by molar-refractivity contribution is 5.80. The van der Waals surface area contributed by atoms with E-state index in [4.69, 9.17) is 4.42 Å². The van der Waals surface area contributed by atoms with Gasteiger partial charge in [0, 0.05) is 19.0 Å². The van der Waals surface area contributed by atoms with Gasteiger partial charge in [0.2, 0.25) is 5.91 Å². The third-order valence-corrected chi connectivity index (χ3v) is 4.24. The van der Waals surface area contributed by atoms with Gasteiger partial charge in [0.15, 0.2) is 0 Å². The van der Waals surface area contributed by atoms with E-state index >= 15 is 0 Å². The summed E-state index contributed by atoms with van der Waals surface area (Å²) in [5.74, 6) is 0.416. The van der Waals surface area contributed by atoms with Gasteiger partial charge in [-0.15, -0.1) is 6.58 Å². The molecule has 140 valence electrons. The molecule has 0 saturated heterocycles. The van der Waals surface area contributed by atoms with Gasteiger partial charge in [-0.05, 0) is 31.2 Å². The maximum absolute atomic E-state index is 12.6. The largest absolute Gasteiger partial charge is 0.469 e. The molecule has 0 aliphatic carbocycles. The van der Waals surface area contributed by atoms with Crippen LogP contribution < -0.4 is 16.4 Å². The molecule has 0 unspecified atom stereocenters. The Morgan fingerprint density at radius 3 is 2.44 bits per heavy atom. The number of para-hydroxylation sites is 2. The van der Waals surface area contributed by atoms with Crippen LogP contribution in [-0.4, -0.2) is 21.1 Å². The smallest absolute Gasteiger partial charge is 0.317 e. The Morgan fingerprint density at radius 1 is 1.15 bits per heavy atom. The van der Waals surface area contributed by atoms with Crippen LogP contribution in [0.15, 0.2) is 69.3 Å². The molecule has 1 N–H and O–H groups in total. The number of carbonyl (C=O) groups is 1. The number of hydrogen-bond donors (Lipinski definition) is 1. The molecule has 2 aromatic heterocycles. The van der Waals surface area contributed by atoms with Crippen molar-refractivity contribution in [2.45, 2.75) is 32.5 Å². The van der Waals surface area contributed by atoms with Gasteiger partial charge < -0.3 is 9.73 Å². The standard InChI is InChI=1S/C20H21N3O4/c1-3-10-22-16-8-4-5-9-17(16)23(20(26)19(22)25)13-18(24)21-14(2)12-15-7-6-11-27-15/h3-9,11,14H,1,10,12-13H2,2H3,(H,21,24)/t14-/m1/s1. The average molecular weight is 367 g/mol. The molecule has 3 aromatic rings. The first kappa shape index (κ1) is 18.4. The first-order chi connectivity index (χ1) is 13.0. The predicted octanol–water partition coefficient (Wildman–Crippen LogP) is 1.69. The lowest BCUT2D eigenvalue weighted by molar-refractivity contribution is -0.122. The molecule has 7 nitrogen and oxygen atoms in total. The summed E-state index contributed by atoms with van der Waals surface area (Å²) in [6.07, 6.45) is 3.67. The number of allylic oxidation sites excluding steroid dienone is 1. The number of nitrogens with one attached hydrogen (secondary N) is 1. The molecule has 0 aliphatic heterocycles. The van der Waals surface area contributed by atoms with E-state index in [1.807, 2.05) is 13.0 Å². The Bertz CT molecular complexity index is 1080. The first-order valence-electron chi connectivity index (χ1n) is 8.66. The number of rotatable bonds is 7. The molecule has 0 spiro atoms. The zero-order valence-corrected chi connectivity index (χ0v) is 15.1. The van der Waals surface area contributed by atoms with Crippen molar-refractivity contribution in [3.8, 4) is 0 Å². The monoisotopic (exact) mass is 367 g/mol. The van der Waals surface area contributed by atoms with E-state index in [0.717, 1.165) is 5.76 Å². The summed E-state index contributed by atoms with van der Waals surface area (Å²) < 4.78 is 7.85. The van der Waals surface area contributed by atoms with Crippen LogP contribution in [0.2, 0.25) is 0 Å². The third-order valence-electron chi connectivity index (χ3n) is 4.24. The fraction of sp³-hybridized carbons (Fsp3) is 0.250. The summed E-state index contributed by atoms with van der Waals surface area (Å²) in [5, 5.41) is 2.83. The quantitative estimate of drug-likeness (QED) is 0.509. The molecule has 2 heterocycles. The maximum Gasteiger partial charge on any atom is 0.317 e. The predicted molar refractivity (Wildman–Crippen MR) is 103 cm³/mol. The maximum atomic E-state index is 12.6. The van der Waals surface area contributed by atoms with Crippen molar-refractivity contribution in [2.75, 3.05) is 0 Å². The minimum atomic E-state index is -0.732. The summed E-state index contributed by atoms with van der Waals surface area (Å²) in [6, 6.07) is 10.4. The van der Waals surface area contributed by atoms with Crippen molar-refractivity contribution in [3.05, 3.63) is 81.8 Å². The minimum Gasteiger partial charge on any atom is -0.469 e. The lowest BCUT2D eigenvalue weighted by atomic mass is 10.2. The fourth-order valence-corrected chi connectivity index (χ4v) is 3.08. The minimum absolute atomic E-state index is 0.174. The number of aromatic nitrogens is 2. The second kappa shape index (κ2) is 7.90. The van der Waals surface area contributed by atoms with Crippen LogP contribution in [0.3, 0.4) is 0 Å². The molecule has 27 heavy (non-hydrogen) atoms. The summed E-state index contributed by atoms with van der Waals surface area (Å²) in [7, 11) is 0. The number of nitrogens with zero attached hydrogens (tertiary/aromatic N) is 2. The van der Waals surface area contributed by atoms with Crippen LogP contribution in [0.1, 0.15) is 12.7 Å². The molecule has 3 rings (SSSR count). The van der Waals surface area contributed by atoms with Crippen LogP contribution in [-0.2, 0) is 24.3 Å². The number of amides is 1. The summed E-state index contributed by atoms with van der Waals surface area (Å²) in [6.45, 7) is 5.47. The number of fused-ring (bicyclic) bond motifs is 1. The molecule has 0 bridgehead atoms. The van der Waals surface area contributed by atoms with Crippen molar-refractivity contribution in [3.63, 3.8) is 0 Å². The number of hydrogen-bond acceptors (Lipinski definition) is 4. The van der Waals surface area contributed by atoms with Gasteiger partial charge in [-0.1, -0.05) is 18.2 Å². The van der Waals surface area contributed by atoms with Gasteiger partial charge in [-0.3, -0.25) is 23.5 Å². The molecule has 1 amide bonds.